The molecule has 1 heterocycles. The molecule has 1 aliphatic carbocycles. The van der Waals surface area contributed by atoms with Crippen molar-refractivity contribution in [1.82, 2.24) is 4.98 Å². The average Bonchev–Trinajstić information content (AvgIpc) is 2.77. The summed E-state index contributed by atoms with van der Waals surface area (Å²) in [6.07, 6.45) is 4.35. The van der Waals surface area contributed by atoms with E-state index in [4.69, 9.17) is 23.8 Å². The second-order valence-corrected chi connectivity index (χ2v) is 3.66. The molecule has 1 aromatic rings. The number of aromatic nitrogens is 1. The van der Waals surface area contributed by atoms with Gasteiger partial charge >= 0.3 is 29.6 Å². The van der Waals surface area contributed by atoms with Crippen LogP contribution in [0.3, 0.4) is 0 Å². The molecule has 0 unspecified atom stereocenters. The smallest absolute Gasteiger partial charge is 1.00 e. The van der Waals surface area contributed by atoms with Crippen LogP contribution in [-0.4, -0.2) is 4.98 Å². The van der Waals surface area contributed by atoms with Gasteiger partial charge in [-0.3, -0.25) is 0 Å². The van der Waals surface area contributed by atoms with E-state index in [1.54, 1.807) is 0 Å². The van der Waals surface area contributed by atoms with Gasteiger partial charge in [-0.2, -0.15) is 0 Å². The number of hydrogen-bond donors (Lipinski definition) is 1. The average molecular weight is 210 g/mol. The fourth-order valence-electron chi connectivity index (χ4n) is 1.15. The van der Waals surface area contributed by atoms with E-state index in [2.05, 4.69) is 4.98 Å². The van der Waals surface area contributed by atoms with Crippen molar-refractivity contribution in [2.45, 2.75) is 18.8 Å². The number of rotatable bonds is 1. The standard InChI is InChI=1S/C8H8ClNS.Na.H/c9-7-6(11)3-4-10-8(7)5-1-2-5;;/h3-5H,1-2H2,(H,10,11);;/q;+1;-1. The maximum absolute atomic E-state index is 5.99. The van der Waals surface area contributed by atoms with Gasteiger partial charge in [-0.1, -0.05) is 23.8 Å². The van der Waals surface area contributed by atoms with E-state index in [-0.39, 0.29) is 31.0 Å². The van der Waals surface area contributed by atoms with E-state index in [0.29, 0.717) is 5.92 Å². The maximum Gasteiger partial charge on any atom is 1.00 e. The van der Waals surface area contributed by atoms with Crippen LogP contribution < -0.4 is 29.6 Å². The van der Waals surface area contributed by atoms with E-state index in [1.165, 1.54) is 12.8 Å². The molecule has 1 nitrogen and oxygen atoms in total. The zero-order valence-corrected chi connectivity index (χ0v) is 10.5. The largest absolute Gasteiger partial charge is 1.00 e. The van der Waals surface area contributed by atoms with Crippen molar-refractivity contribution in [1.29, 1.82) is 0 Å². The second-order valence-electron chi connectivity index (χ2n) is 2.84. The minimum atomic E-state index is 0. The Balaban J connectivity index is 0.000000720. The minimum Gasteiger partial charge on any atom is -1.00 e. The van der Waals surface area contributed by atoms with Crippen LogP contribution in [0.1, 0.15) is 25.9 Å². The van der Waals surface area contributed by atoms with E-state index in [1.807, 2.05) is 12.3 Å². The SMILES string of the molecule is S=c1cc[nH]c(C2CC2)c1Cl.[H-].[Na+]. The molecule has 0 aromatic carbocycles. The molecular formula is C8H9ClNNaS. The van der Waals surface area contributed by atoms with E-state index < -0.39 is 0 Å². The van der Waals surface area contributed by atoms with Crippen LogP contribution in [-0.2, 0) is 0 Å². The molecule has 0 spiro atoms. The van der Waals surface area contributed by atoms with Crippen LogP contribution in [0, 0.1) is 4.51 Å². The molecule has 4 heteroatoms. The Kier molecular flexibility index (Phi) is 3.80. The molecule has 1 saturated carbocycles. The van der Waals surface area contributed by atoms with Crippen molar-refractivity contribution in [3.63, 3.8) is 0 Å². The molecular weight excluding hydrogens is 201 g/mol. The van der Waals surface area contributed by atoms with E-state index in [9.17, 15) is 0 Å². The van der Waals surface area contributed by atoms with Gasteiger partial charge in [0.15, 0.2) is 0 Å². The first-order valence-electron chi connectivity index (χ1n) is 3.66. The zero-order valence-electron chi connectivity index (χ0n) is 7.93. The summed E-state index contributed by atoms with van der Waals surface area (Å²) in [6.45, 7) is 0. The van der Waals surface area contributed by atoms with E-state index in [0.717, 1.165) is 15.2 Å². The Morgan fingerprint density at radius 1 is 1.58 bits per heavy atom. The monoisotopic (exact) mass is 209 g/mol. The third-order valence-electron chi connectivity index (χ3n) is 1.91. The van der Waals surface area contributed by atoms with Gasteiger partial charge in [-0.25, -0.2) is 0 Å². The first kappa shape index (κ1) is 10.7. The van der Waals surface area contributed by atoms with E-state index >= 15 is 0 Å². The quantitative estimate of drug-likeness (QED) is 0.523. The number of hydrogen-bond acceptors (Lipinski definition) is 1. The van der Waals surface area contributed by atoms with Crippen molar-refractivity contribution < 1.29 is 31.0 Å². The summed E-state index contributed by atoms with van der Waals surface area (Å²) in [5.74, 6) is 0.644. The molecule has 0 atom stereocenters. The summed E-state index contributed by atoms with van der Waals surface area (Å²) in [6, 6.07) is 1.82. The van der Waals surface area contributed by atoms with Crippen LogP contribution in [0.5, 0.6) is 0 Å². The van der Waals surface area contributed by atoms with Crippen LogP contribution in [0.25, 0.3) is 0 Å². The number of pyridine rings is 1. The van der Waals surface area contributed by atoms with Crippen molar-refractivity contribution in [2.75, 3.05) is 0 Å². The van der Waals surface area contributed by atoms with Gasteiger partial charge in [0.2, 0.25) is 0 Å². The first-order valence-corrected chi connectivity index (χ1v) is 4.45. The van der Waals surface area contributed by atoms with Gasteiger partial charge in [0, 0.05) is 17.8 Å². The molecule has 12 heavy (non-hydrogen) atoms. The number of aromatic amines is 1. The maximum atomic E-state index is 5.99. The number of nitrogens with one attached hydrogen (secondary N) is 1. The first-order chi connectivity index (χ1) is 5.29. The summed E-state index contributed by atoms with van der Waals surface area (Å²) < 4.78 is 0.757. The van der Waals surface area contributed by atoms with Gasteiger partial charge in [0.1, 0.15) is 0 Å². The Morgan fingerprint density at radius 3 is 2.83 bits per heavy atom. The molecule has 1 N–H and O–H groups in total. The van der Waals surface area contributed by atoms with Crippen LogP contribution in [0.15, 0.2) is 12.3 Å². The summed E-state index contributed by atoms with van der Waals surface area (Å²) >= 11 is 11.0. The predicted octanol–water partition coefficient (Wildman–Crippen LogP) is 0.391. The Morgan fingerprint density at radius 2 is 2.25 bits per heavy atom. The topological polar surface area (TPSA) is 15.8 Å². The fourth-order valence-corrected chi connectivity index (χ4v) is 1.60. The van der Waals surface area contributed by atoms with Gasteiger partial charge in [-0.05, 0) is 18.9 Å². The third kappa shape index (κ3) is 2.12. The predicted molar refractivity (Wildman–Crippen MR) is 49.7 cm³/mol. The molecule has 0 amide bonds. The normalized spacial score (nSPS) is 15.4. The molecule has 0 bridgehead atoms. The van der Waals surface area contributed by atoms with Gasteiger partial charge in [-0.15, -0.1) is 0 Å². The van der Waals surface area contributed by atoms with Gasteiger partial charge < -0.3 is 6.41 Å². The van der Waals surface area contributed by atoms with Crippen molar-refractivity contribution in [3.8, 4) is 0 Å². The fraction of sp³-hybridized carbons (Fsp3) is 0.375. The molecule has 0 radical (unpaired) electrons. The molecule has 0 saturated heterocycles. The van der Waals surface area contributed by atoms with Crippen molar-refractivity contribution in [2.24, 2.45) is 0 Å². The molecule has 1 aromatic heterocycles. The van der Waals surface area contributed by atoms with Crippen molar-refractivity contribution in [3.05, 3.63) is 27.5 Å². The van der Waals surface area contributed by atoms with Gasteiger partial charge in [0.25, 0.3) is 0 Å². The van der Waals surface area contributed by atoms with Crippen molar-refractivity contribution >= 4 is 23.8 Å². The third-order valence-corrected chi connectivity index (χ3v) is 2.77. The summed E-state index contributed by atoms with van der Waals surface area (Å²) in [7, 11) is 0. The molecule has 0 aliphatic heterocycles. The van der Waals surface area contributed by atoms with Crippen LogP contribution in [0.4, 0.5) is 0 Å². The Labute approximate surface area is 105 Å². The molecule has 2 rings (SSSR count). The Hall–Kier alpha value is 0.660. The van der Waals surface area contributed by atoms with Crippen LogP contribution in [0.2, 0.25) is 5.02 Å². The number of halogens is 1. The Bertz CT molecular complexity index is 337. The second kappa shape index (κ2) is 4.25. The minimum absolute atomic E-state index is 0. The van der Waals surface area contributed by atoms with Gasteiger partial charge in [0.05, 0.1) is 9.53 Å². The van der Waals surface area contributed by atoms with Crippen LogP contribution >= 0.6 is 23.8 Å². The molecule has 60 valence electrons. The molecule has 1 aliphatic rings. The molecule has 1 fully saturated rings. The summed E-state index contributed by atoms with van der Waals surface area (Å²) in [5, 5.41) is 0.741. The summed E-state index contributed by atoms with van der Waals surface area (Å²) in [5.41, 5.74) is 1.12. The number of H-pyrrole nitrogens is 1. The zero-order chi connectivity index (χ0) is 7.84. The summed E-state index contributed by atoms with van der Waals surface area (Å²) in [4.78, 5) is 3.14.